The second kappa shape index (κ2) is 5.54. The van der Waals surface area contributed by atoms with Crippen LogP contribution in [0.15, 0.2) is 42.5 Å². The van der Waals surface area contributed by atoms with E-state index in [-0.39, 0.29) is 11.6 Å². The van der Waals surface area contributed by atoms with E-state index < -0.39 is 0 Å². The van der Waals surface area contributed by atoms with Crippen LogP contribution in [-0.4, -0.2) is 6.61 Å². The van der Waals surface area contributed by atoms with Crippen LogP contribution >= 0.6 is 0 Å². The topological polar surface area (TPSA) is 18.5 Å². The standard InChI is InChI=1S/C15H15FO2/c1-3-17-12-5-7-13(8-6-12)18-15-10-11(2)4-9-14(15)16/h4-10H,3H2,1-2H3. The van der Waals surface area contributed by atoms with Gasteiger partial charge in [-0.3, -0.25) is 0 Å². The van der Waals surface area contributed by atoms with E-state index in [0.717, 1.165) is 11.3 Å². The van der Waals surface area contributed by atoms with Gasteiger partial charge in [0, 0.05) is 0 Å². The Morgan fingerprint density at radius 1 is 1.00 bits per heavy atom. The van der Waals surface area contributed by atoms with Crippen molar-refractivity contribution in [3.63, 3.8) is 0 Å². The van der Waals surface area contributed by atoms with Crippen LogP contribution in [0.4, 0.5) is 4.39 Å². The molecule has 0 heterocycles. The summed E-state index contributed by atoms with van der Waals surface area (Å²) in [6.45, 7) is 4.43. The summed E-state index contributed by atoms with van der Waals surface area (Å²) >= 11 is 0. The number of benzene rings is 2. The van der Waals surface area contributed by atoms with Gasteiger partial charge < -0.3 is 9.47 Å². The van der Waals surface area contributed by atoms with Gasteiger partial charge >= 0.3 is 0 Å². The third-order valence-electron chi connectivity index (χ3n) is 2.45. The van der Waals surface area contributed by atoms with Gasteiger partial charge in [-0.05, 0) is 55.8 Å². The minimum Gasteiger partial charge on any atom is -0.494 e. The van der Waals surface area contributed by atoms with Crippen LogP contribution in [0.1, 0.15) is 12.5 Å². The number of aryl methyl sites for hydroxylation is 1. The Morgan fingerprint density at radius 2 is 1.67 bits per heavy atom. The molecule has 94 valence electrons. The first kappa shape index (κ1) is 12.4. The van der Waals surface area contributed by atoms with Gasteiger partial charge in [-0.1, -0.05) is 6.07 Å². The summed E-state index contributed by atoms with van der Waals surface area (Å²) in [7, 11) is 0. The van der Waals surface area contributed by atoms with Crippen molar-refractivity contribution < 1.29 is 13.9 Å². The fourth-order valence-electron chi connectivity index (χ4n) is 1.59. The van der Waals surface area contributed by atoms with Crippen molar-refractivity contribution in [1.29, 1.82) is 0 Å². The lowest BCUT2D eigenvalue weighted by atomic mass is 10.2. The zero-order valence-corrected chi connectivity index (χ0v) is 10.4. The third kappa shape index (κ3) is 3.00. The molecule has 0 aliphatic heterocycles. The van der Waals surface area contributed by atoms with Gasteiger partial charge in [0.05, 0.1) is 6.61 Å². The Morgan fingerprint density at radius 3 is 2.33 bits per heavy atom. The highest BCUT2D eigenvalue weighted by atomic mass is 19.1. The number of hydrogen-bond acceptors (Lipinski definition) is 2. The molecule has 2 nitrogen and oxygen atoms in total. The van der Waals surface area contributed by atoms with Crippen molar-refractivity contribution in [1.82, 2.24) is 0 Å². The summed E-state index contributed by atoms with van der Waals surface area (Å²) in [5.41, 5.74) is 0.956. The molecule has 2 rings (SSSR count). The first-order chi connectivity index (χ1) is 8.69. The lowest BCUT2D eigenvalue weighted by Crippen LogP contribution is -1.92. The van der Waals surface area contributed by atoms with Crippen LogP contribution in [-0.2, 0) is 0 Å². The van der Waals surface area contributed by atoms with Gasteiger partial charge in [0.2, 0.25) is 0 Å². The van der Waals surface area contributed by atoms with E-state index in [0.29, 0.717) is 12.4 Å². The Bertz CT molecular complexity index is 521. The van der Waals surface area contributed by atoms with Crippen molar-refractivity contribution >= 4 is 0 Å². The summed E-state index contributed by atoms with van der Waals surface area (Å²) in [6.07, 6.45) is 0. The maximum Gasteiger partial charge on any atom is 0.165 e. The predicted molar refractivity (Wildman–Crippen MR) is 68.8 cm³/mol. The highest BCUT2D eigenvalue weighted by Gasteiger charge is 2.05. The molecule has 0 aromatic heterocycles. The molecule has 18 heavy (non-hydrogen) atoms. The molecule has 0 N–H and O–H groups in total. The molecular formula is C15H15FO2. The van der Waals surface area contributed by atoms with Crippen LogP contribution in [0.25, 0.3) is 0 Å². The van der Waals surface area contributed by atoms with E-state index in [9.17, 15) is 4.39 Å². The first-order valence-electron chi connectivity index (χ1n) is 5.86. The van der Waals surface area contributed by atoms with Crippen molar-refractivity contribution in [3.05, 3.63) is 53.8 Å². The van der Waals surface area contributed by atoms with Crippen molar-refractivity contribution in [3.8, 4) is 17.2 Å². The average molecular weight is 246 g/mol. The molecule has 0 spiro atoms. The van der Waals surface area contributed by atoms with Gasteiger partial charge in [-0.2, -0.15) is 0 Å². The monoisotopic (exact) mass is 246 g/mol. The van der Waals surface area contributed by atoms with Gasteiger partial charge in [-0.15, -0.1) is 0 Å². The van der Waals surface area contributed by atoms with E-state index >= 15 is 0 Å². The van der Waals surface area contributed by atoms with Gasteiger partial charge in [0.25, 0.3) is 0 Å². The minimum atomic E-state index is -0.366. The van der Waals surface area contributed by atoms with Crippen molar-refractivity contribution in [2.24, 2.45) is 0 Å². The molecule has 0 atom stereocenters. The summed E-state index contributed by atoms with van der Waals surface area (Å²) in [5.74, 6) is 1.23. The van der Waals surface area contributed by atoms with E-state index in [1.54, 1.807) is 36.4 Å². The maximum atomic E-state index is 13.5. The number of halogens is 1. The van der Waals surface area contributed by atoms with Crippen LogP contribution in [0, 0.1) is 12.7 Å². The molecule has 0 unspecified atom stereocenters. The highest BCUT2D eigenvalue weighted by Crippen LogP contribution is 2.26. The second-order valence-electron chi connectivity index (χ2n) is 3.94. The molecule has 0 aliphatic rings. The SMILES string of the molecule is CCOc1ccc(Oc2cc(C)ccc2F)cc1. The zero-order valence-electron chi connectivity index (χ0n) is 10.4. The fraction of sp³-hybridized carbons (Fsp3) is 0.200. The molecule has 0 bridgehead atoms. The number of rotatable bonds is 4. The largest absolute Gasteiger partial charge is 0.494 e. The van der Waals surface area contributed by atoms with Crippen LogP contribution in [0.2, 0.25) is 0 Å². The van der Waals surface area contributed by atoms with Crippen molar-refractivity contribution in [2.75, 3.05) is 6.61 Å². The smallest absolute Gasteiger partial charge is 0.165 e. The van der Waals surface area contributed by atoms with Gasteiger partial charge in [-0.25, -0.2) is 4.39 Å². The van der Waals surface area contributed by atoms with E-state index in [2.05, 4.69) is 0 Å². The molecule has 3 heteroatoms. The Kier molecular flexibility index (Phi) is 3.82. The summed E-state index contributed by atoms with van der Waals surface area (Å²) in [4.78, 5) is 0. The molecule has 0 amide bonds. The summed E-state index contributed by atoms with van der Waals surface area (Å²) in [5, 5.41) is 0. The molecular weight excluding hydrogens is 231 g/mol. The zero-order chi connectivity index (χ0) is 13.0. The lowest BCUT2D eigenvalue weighted by molar-refractivity contribution is 0.339. The first-order valence-corrected chi connectivity index (χ1v) is 5.86. The number of hydrogen-bond donors (Lipinski definition) is 0. The van der Waals surface area contributed by atoms with Crippen molar-refractivity contribution in [2.45, 2.75) is 13.8 Å². The van der Waals surface area contributed by atoms with Crippen LogP contribution < -0.4 is 9.47 Å². The fourth-order valence-corrected chi connectivity index (χ4v) is 1.59. The Balaban J connectivity index is 2.15. The average Bonchev–Trinajstić information content (AvgIpc) is 2.37. The summed E-state index contributed by atoms with van der Waals surface area (Å²) in [6, 6.07) is 11.9. The molecule has 0 saturated carbocycles. The normalized spacial score (nSPS) is 10.2. The summed E-state index contributed by atoms with van der Waals surface area (Å²) < 4.78 is 24.3. The van der Waals surface area contributed by atoms with Gasteiger partial charge in [0.1, 0.15) is 11.5 Å². The molecule has 0 fully saturated rings. The molecule has 0 aliphatic carbocycles. The molecule has 2 aromatic carbocycles. The number of ether oxygens (including phenoxy) is 2. The predicted octanol–water partition coefficient (Wildman–Crippen LogP) is 4.33. The molecule has 0 radical (unpaired) electrons. The third-order valence-corrected chi connectivity index (χ3v) is 2.45. The van der Waals surface area contributed by atoms with Crippen LogP contribution in [0.5, 0.6) is 17.2 Å². The maximum absolute atomic E-state index is 13.5. The second-order valence-corrected chi connectivity index (χ2v) is 3.94. The molecule has 2 aromatic rings. The van der Waals surface area contributed by atoms with E-state index in [4.69, 9.17) is 9.47 Å². The van der Waals surface area contributed by atoms with E-state index in [1.165, 1.54) is 6.07 Å². The van der Waals surface area contributed by atoms with Gasteiger partial charge in [0.15, 0.2) is 11.6 Å². The lowest BCUT2D eigenvalue weighted by Gasteiger charge is -2.08. The quantitative estimate of drug-likeness (QED) is 0.799. The molecule has 0 saturated heterocycles. The van der Waals surface area contributed by atoms with E-state index in [1.807, 2.05) is 13.8 Å². The highest BCUT2D eigenvalue weighted by molar-refractivity contribution is 5.37. The Hall–Kier alpha value is -2.03. The van der Waals surface area contributed by atoms with Crippen LogP contribution in [0.3, 0.4) is 0 Å². The minimum absolute atomic E-state index is 0.235. The Labute approximate surface area is 106 Å².